The second-order valence-electron chi connectivity index (χ2n) is 12.0. The van der Waals surface area contributed by atoms with Crippen molar-refractivity contribution in [3.8, 4) is 0 Å². The van der Waals surface area contributed by atoms with E-state index in [-0.39, 0.29) is 0 Å². The summed E-state index contributed by atoms with van der Waals surface area (Å²) in [6.45, 7) is 7.59. The van der Waals surface area contributed by atoms with Crippen LogP contribution in [0.1, 0.15) is 61.8 Å². The molecule has 3 aliphatic heterocycles. The molecule has 3 heterocycles. The topological polar surface area (TPSA) is 264 Å². The Bertz CT molecular complexity index is 1450. The number of ether oxygens (including phenoxy) is 9. The summed E-state index contributed by atoms with van der Waals surface area (Å²) in [7, 11) is 0. The van der Waals surface area contributed by atoms with Crippen molar-refractivity contribution in [2.45, 2.75) is 128 Å². The van der Waals surface area contributed by atoms with E-state index >= 15 is 0 Å². The molecule has 0 unspecified atom stereocenters. The highest BCUT2D eigenvalue weighted by atomic mass is 32.2. The Labute approximate surface area is 301 Å². The third-order valence-corrected chi connectivity index (χ3v) is 8.71. The molecule has 3 rings (SSSR count). The van der Waals surface area contributed by atoms with Crippen LogP contribution in [0.3, 0.4) is 0 Å². The first-order valence-corrected chi connectivity index (χ1v) is 16.8. The molecule has 290 valence electrons. The lowest BCUT2D eigenvalue weighted by Crippen LogP contribution is -2.69. The number of esters is 6. The van der Waals surface area contributed by atoms with Crippen molar-refractivity contribution in [2.24, 2.45) is 4.99 Å². The number of aliphatic carboxylic acids is 1. The third-order valence-electron chi connectivity index (χ3n) is 7.64. The van der Waals surface area contributed by atoms with E-state index < -0.39 is 133 Å². The number of aliphatic imine (C=N–C) groups is 1. The number of carboxylic acids is 1. The molecule has 2 saturated heterocycles. The van der Waals surface area contributed by atoms with E-state index in [9.17, 15) is 43.5 Å². The molecule has 0 spiro atoms. The van der Waals surface area contributed by atoms with Crippen LogP contribution >= 0.6 is 11.8 Å². The van der Waals surface area contributed by atoms with Gasteiger partial charge in [-0.15, -0.1) is 0 Å². The zero-order valence-corrected chi connectivity index (χ0v) is 30.5. The molecule has 0 aromatic rings. The summed E-state index contributed by atoms with van der Waals surface area (Å²) in [6, 6.07) is -2.29. The van der Waals surface area contributed by atoms with Gasteiger partial charge in [-0.2, -0.15) is 0 Å². The fourth-order valence-corrected chi connectivity index (χ4v) is 7.02. The molecule has 2 fully saturated rings. The van der Waals surface area contributed by atoms with E-state index in [0.717, 1.165) is 48.5 Å². The Morgan fingerprint density at radius 2 is 1.46 bits per heavy atom. The summed E-state index contributed by atoms with van der Waals surface area (Å²) in [5.74, 6) is -10.5. The minimum atomic E-state index is -2.81. The third kappa shape index (κ3) is 11.1. The van der Waals surface area contributed by atoms with Gasteiger partial charge in [-0.3, -0.25) is 38.6 Å². The first kappa shape index (κ1) is 42.1. The van der Waals surface area contributed by atoms with Gasteiger partial charge in [0.1, 0.15) is 36.4 Å². The number of carboxylic acid groups (broad SMARTS) is 1. The van der Waals surface area contributed by atoms with Gasteiger partial charge in [-0.25, -0.2) is 4.79 Å². The fourth-order valence-electron chi connectivity index (χ4n) is 5.95. The zero-order chi connectivity index (χ0) is 39.1. The molecule has 52 heavy (non-hydrogen) atoms. The van der Waals surface area contributed by atoms with E-state index in [4.69, 9.17) is 42.6 Å². The molecule has 0 saturated carbocycles. The van der Waals surface area contributed by atoms with Crippen LogP contribution in [0, 0.1) is 0 Å². The van der Waals surface area contributed by atoms with Gasteiger partial charge in [0.2, 0.25) is 5.91 Å². The van der Waals surface area contributed by atoms with Crippen LogP contribution in [0.5, 0.6) is 0 Å². The van der Waals surface area contributed by atoms with Crippen molar-refractivity contribution >= 4 is 64.5 Å². The molecule has 20 nitrogen and oxygen atoms in total. The lowest BCUT2D eigenvalue weighted by Gasteiger charge is -2.49. The van der Waals surface area contributed by atoms with Crippen LogP contribution in [-0.4, -0.2) is 137 Å². The second kappa shape index (κ2) is 17.9. The van der Waals surface area contributed by atoms with Crippen LogP contribution < -0.4 is 5.32 Å². The van der Waals surface area contributed by atoms with E-state index in [2.05, 4.69) is 10.3 Å². The molecule has 0 aromatic carbocycles. The van der Waals surface area contributed by atoms with Crippen molar-refractivity contribution < 1.29 is 86.1 Å². The second-order valence-corrected chi connectivity index (χ2v) is 13.3. The summed E-state index contributed by atoms with van der Waals surface area (Å²) < 4.78 is 50.5. The highest BCUT2D eigenvalue weighted by Crippen LogP contribution is 2.41. The Morgan fingerprint density at radius 1 is 0.865 bits per heavy atom. The largest absolute Gasteiger partial charge is 0.477 e. The Balaban J connectivity index is 2.14. The number of carbonyl (C=O) groups is 8. The van der Waals surface area contributed by atoms with Gasteiger partial charge in [-0.05, 0) is 6.92 Å². The van der Waals surface area contributed by atoms with Crippen LogP contribution in [-0.2, 0) is 81.0 Å². The number of hydrogen-bond donors (Lipinski definition) is 2. The molecule has 21 heteroatoms. The number of nitrogens with zero attached hydrogens (tertiary/aromatic N) is 1. The number of rotatable bonds is 14. The minimum Gasteiger partial charge on any atom is -0.477 e. The molecular weight excluding hydrogens is 720 g/mol. The van der Waals surface area contributed by atoms with Crippen molar-refractivity contribution in [3.05, 3.63) is 0 Å². The number of thioether (sulfide) groups is 1. The number of nitrogens with one attached hydrogen (secondary N) is 1. The van der Waals surface area contributed by atoms with Crippen molar-refractivity contribution in [1.82, 2.24) is 5.32 Å². The quantitative estimate of drug-likeness (QED) is 0.168. The van der Waals surface area contributed by atoms with Gasteiger partial charge >= 0.3 is 41.8 Å². The smallest absolute Gasteiger partial charge is 0.364 e. The number of hydrogen-bond acceptors (Lipinski definition) is 19. The summed E-state index contributed by atoms with van der Waals surface area (Å²) in [6.07, 6.45) is -11.6. The molecular formula is C31H42N2O18S. The first-order chi connectivity index (χ1) is 24.2. The molecule has 0 bridgehead atoms. The summed E-state index contributed by atoms with van der Waals surface area (Å²) in [5, 5.41) is 13.8. The molecule has 1 amide bonds. The lowest BCUT2D eigenvalue weighted by molar-refractivity contribution is -0.322. The highest BCUT2D eigenvalue weighted by molar-refractivity contribution is 8.14. The minimum absolute atomic E-state index is 0.566. The molecule has 2 N–H and O–H groups in total. The van der Waals surface area contributed by atoms with Gasteiger partial charge in [-0.1, -0.05) is 11.8 Å². The average Bonchev–Trinajstić information content (AvgIpc) is 3.38. The number of fused-ring (bicyclic) bond motifs is 1. The van der Waals surface area contributed by atoms with Crippen LogP contribution in [0.4, 0.5) is 0 Å². The van der Waals surface area contributed by atoms with Crippen molar-refractivity contribution in [1.29, 1.82) is 0 Å². The van der Waals surface area contributed by atoms with Gasteiger partial charge < -0.3 is 53.1 Å². The summed E-state index contributed by atoms with van der Waals surface area (Å²) in [5.41, 5.74) is -0.775. The van der Waals surface area contributed by atoms with E-state index in [1.165, 1.54) is 11.8 Å². The fraction of sp³-hybridized carbons (Fsp3) is 0.710. The van der Waals surface area contributed by atoms with Crippen LogP contribution in [0.2, 0.25) is 0 Å². The highest BCUT2D eigenvalue weighted by Gasteiger charge is 2.60. The Hall–Kier alpha value is -4.34. The molecule has 11 atom stereocenters. The Morgan fingerprint density at radius 3 is 1.98 bits per heavy atom. The maximum Gasteiger partial charge on any atom is 0.364 e. The molecule has 0 aliphatic carbocycles. The van der Waals surface area contributed by atoms with Crippen LogP contribution in [0.15, 0.2) is 4.99 Å². The summed E-state index contributed by atoms with van der Waals surface area (Å²) in [4.78, 5) is 103. The van der Waals surface area contributed by atoms with Gasteiger partial charge in [0.05, 0.1) is 24.1 Å². The molecule has 3 aliphatic rings. The number of amides is 1. The number of carbonyl (C=O) groups excluding carboxylic acids is 7. The Kier molecular flexibility index (Phi) is 14.5. The lowest BCUT2D eigenvalue weighted by atomic mass is 9.88. The normalized spacial score (nSPS) is 30.6. The predicted octanol–water partition coefficient (Wildman–Crippen LogP) is -0.442. The summed E-state index contributed by atoms with van der Waals surface area (Å²) >= 11 is 1.18. The van der Waals surface area contributed by atoms with Gasteiger partial charge in [0.25, 0.3) is 5.79 Å². The van der Waals surface area contributed by atoms with Gasteiger partial charge in [0, 0.05) is 48.5 Å². The monoisotopic (exact) mass is 762 g/mol. The van der Waals surface area contributed by atoms with Crippen LogP contribution in [0.25, 0.3) is 0 Å². The molecule has 0 radical (unpaired) electrons. The standard InChI is InChI=1S/C31H42N2O18S/c1-12(34)32-23-20(45-15(4)36)9-31(30(41)42,51-28(23)26(48-18(7)39)21(46-16(5)37)10-43-14(3)35)44-11-22-25(47-17(6)38)27(49-19(8)40)24-29(50-22)52-13(2)33-24/h20-29H,9-11H2,1-8H3,(H,32,34)(H,41,42)/t20-,21+,22+,23+,24+,25-,26+,27+,28+,29+,31+/m0/s1. The van der Waals surface area contributed by atoms with Crippen molar-refractivity contribution in [2.75, 3.05) is 13.2 Å². The molecule has 0 aromatic heterocycles. The maximum absolute atomic E-state index is 13.2. The van der Waals surface area contributed by atoms with E-state index in [1.807, 2.05) is 0 Å². The first-order valence-electron chi connectivity index (χ1n) is 15.9. The van der Waals surface area contributed by atoms with Crippen molar-refractivity contribution in [3.63, 3.8) is 0 Å². The zero-order valence-electron chi connectivity index (χ0n) is 29.6. The van der Waals surface area contributed by atoms with Gasteiger partial charge in [0.15, 0.2) is 24.4 Å². The van der Waals surface area contributed by atoms with E-state index in [0.29, 0.717) is 5.04 Å². The SMILES string of the molecule is CC(=O)N[C@H]1[C@H]([C@H](OC(C)=O)[C@@H](COC(C)=O)OC(C)=O)O[C@@](OC[C@H]2O[C@@H]3SC(C)=N[C@@H]3[C@@H](OC(C)=O)[C@H]2OC(C)=O)(C(=O)O)C[C@@H]1OC(C)=O. The average molecular weight is 763 g/mol. The maximum atomic E-state index is 13.2. The van der Waals surface area contributed by atoms with E-state index in [1.54, 1.807) is 6.92 Å². The predicted molar refractivity (Wildman–Crippen MR) is 171 cm³/mol.